The second-order valence-corrected chi connectivity index (χ2v) is 7.54. The maximum atomic E-state index is 13.0. The Morgan fingerprint density at radius 1 is 1.19 bits per heavy atom. The number of sulfonamides is 1. The van der Waals surface area contributed by atoms with Gasteiger partial charge >= 0.3 is 5.97 Å². The van der Waals surface area contributed by atoms with Crippen molar-refractivity contribution in [3.8, 4) is 5.75 Å². The number of para-hydroxylation sites is 2. The van der Waals surface area contributed by atoms with E-state index >= 15 is 0 Å². The third kappa shape index (κ3) is 4.15. The summed E-state index contributed by atoms with van der Waals surface area (Å²) in [5, 5.41) is 9.17. The van der Waals surface area contributed by atoms with Gasteiger partial charge in [-0.05, 0) is 30.3 Å². The van der Waals surface area contributed by atoms with Crippen LogP contribution in [0.5, 0.6) is 5.75 Å². The molecule has 0 bridgehead atoms. The molecule has 1 saturated heterocycles. The molecule has 0 aliphatic carbocycles. The Morgan fingerprint density at radius 2 is 1.89 bits per heavy atom. The fraction of sp³-hybridized carbons (Fsp3) is 0.278. The van der Waals surface area contributed by atoms with Gasteiger partial charge in [-0.15, -0.1) is 0 Å². The van der Waals surface area contributed by atoms with E-state index in [1.807, 2.05) is 17.0 Å². The number of rotatable bonds is 6. The van der Waals surface area contributed by atoms with Crippen LogP contribution in [-0.2, 0) is 14.8 Å². The number of carbonyl (C=O) groups is 1. The predicted molar refractivity (Wildman–Crippen MR) is 100 cm³/mol. The molecule has 2 aromatic rings. The van der Waals surface area contributed by atoms with Crippen molar-refractivity contribution in [3.05, 3.63) is 48.0 Å². The molecule has 0 radical (unpaired) electrons. The molecule has 9 heteroatoms. The standard InChI is InChI=1S/C18H20N2O6S/c1-25-16-7-6-13(18(21)22)12-17(16)27(23,24)19-14-4-2-3-5-15(14)20-8-10-26-11-9-20/h2-7,12,19H,8-11H2,1H3,(H,21,22). The zero-order valence-electron chi connectivity index (χ0n) is 14.7. The molecule has 144 valence electrons. The lowest BCUT2D eigenvalue weighted by molar-refractivity contribution is 0.0696. The number of nitrogens with one attached hydrogen (secondary N) is 1. The first-order valence-corrected chi connectivity index (χ1v) is 9.76. The van der Waals surface area contributed by atoms with Crippen molar-refractivity contribution < 1.29 is 27.8 Å². The average molecular weight is 392 g/mol. The second-order valence-electron chi connectivity index (χ2n) is 5.89. The highest BCUT2D eigenvalue weighted by molar-refractivity contribution is 7.92. The Balaban J connectivity index is 1.98. The smallest absolute Gasteiger partial charge is 0.335 e. The molecule has 8 nitrogen and oxygen atoms in total. The van der Waals surface area contributed by atoms with Crippen LogP contribution in [0, 0.1) is 0 Å². The van der Waals surface area contributed by atoms with Gasteiger partial charge in [0.2, 0.25) is 0 Å². The Morgan fingerprint density at radius 3 is 2.56 bits per heavy atom. The van der Waals surface area contributed by atoms with E-state index in [0.29, 0.717) is 32.0 Å². The highest BCUT2D eigenvalue weighted by atomic mass is 32.2. The summed E-state index contributed by atoms with van der Waals surface area (Å²) in [6.07, 6.45) is 0. The van der Waals surface area contributed by atoms with Gasteiger partial charge in [0.1, 0.15) is 10.6 Å². The van der Waals surface area contributed by atoms with Gasteiger partial charge in [-0.25, -0.2) is 13.2 Å². The van der Waals surface area contributed by atoms with Gasteiger partial charge < -0.3 is 19.5 Å². The monoisotopic (exact) mass is 392 g/mol. The topological polar surface area (TPSA) is 105 Å². The molecular formula is C18H20N2O6S. The average Bonchev–Trinajstić information content (AvgIpc) is 2.68. The molecular weight excluding hydrogens is 372 g/mol. The van der Waals surface area contributed by atoms with E-state index in [2.05, 4.69) is 4.72 Å². The quantitative estimate of drug-likeness (QED) is 0.775. The van der Waals surface area contributed by atoms with Crippen LogP contribution in [0.3, 0.4) is 0 Å². The summed E-state index contributed by atoms with van der Waals surface area (Å²) in [7, 11) is -2.74. The molecule has 1 aliphatic heterocycles. The van der Waals surface area contributed by atoms with Gasteiger partial charge in [0.05, 0.1) is 37.3 Å². The van der Waals surface area contributed by atoms with Crippen LogP contribution in [0.25, 0.3) is 0 Å². The van der Waals surface area contributed by atoms with Crippen molar-refractivity contribution >= 4 is 27.4 Å². The van der Waals surface area contributed by atoms with E-state index in [4.69, 9.17) is 14.6 Å². The summed E-state index contributed by atoms with van der Waals surface area (Å²) >= 11 is 0. The SMILES string of the molecule is COc1ccc(C(=O)O)cc1S(=O)(=O)Nc1ccccc1N1CCOCC1. The van der Waals surface area contributed by atoms with Gasteiger partial charge in [0.25, 0.3) is 10.0 Å². The number of hydrogen-bond acceptors (Lipinski definition) is 6. The third-order valence-corrected chi connectivity index (χ3v) is 5.59. The number of anilines is 2. The zero-order chi connectivity index (χ0) is 19.4. The highest BCUT2D eigenvalue weighted by Crippen LogP contribution is 2.31. The largest absolute Gasteiger partial charge is 0.495 e. The molecule has 0 amide bonds. The van der Waals surface area contributed by atoms with Crippen molar-refractivity contribution in [3.63, 3.8) is 0 Å². The minimum absolute atomic E-state index is 0.0661. The number of methoxy groups -OCH3 is 1. The van der Waals surface area contributed by atoms with Crippen LogP contribution in [0.1, 0.15) is 10.4 Å². The molecule has 2 N–H and O–H groups in total. The van der Waals surface area contributed by atoms with Crippen molar-refractivity contribution in [2.45, 2.75) is 4.90 Å². The lowest BCUT2D eigenvalue weighted by Crippen LogP contribution is -2.36. The molecule has 2 aromatic carbocycles. The van der Waals surface area contributed by atoms with Gasteiger partial charge in [0, 0.05) is 13.1 Å². The van der Waals surface area contributed by atoms with E-state index < -0.39 is 16.0 Å². The zero-order valence-corrected chi connectivity index (χ0v) is 15.5. The number of carboxylic acids is 1. The van der Waals surface area contributed by atoms with Crippen LogP contribution >= 0.6 is 0 Å². The second kappa shape index (κ2) is 7.85. The summed E-state index contributed by atoms with van der Waals surface area (Å²) in [5.74, 6) is -1.15. The maximum absolute atomic E-state index is 13.0. The van der Waals surface area contributed by atoms with Gasteiger partial charge in [-0.1, -0.05) is 12.1 Å². The molecule has 0 saturated carbocycles. The molecule has 0 aromatic heterocycles. The van der Waals surface area contributed by atoms with Crippen LogP contribution in [-0.4, -0.2) is 52.9 Å². The number of morpholine rings is 1. The summed E-state index contributed by atoms with van der Waals surface area (Å²) in [5.41, 5.74) is 0.998. The van der Waals surface area contributed by atoms with E-state index in [9.17, 15) is 13.2 Å². The summed E-state index contributed by atoms with van der Waals surface area (Å²) in [6, 6.07) is 10.7. The normalized spacial score (nSPS) is 14.6. The number of ether oxygens (including phenoxy) is 2. The van der Waals surface area contributed by atoms with E-state index in [1.54, 1.807) is 12.1 Å². The number of carboxylic acid groups (broad SMARTS) is 1. The molecule has 1 aliphatic rings. The highest BCUT2D eigenvalue weighted by Gasteiger charge is 2.24. The van der Waals surface area contributed by atoms with Crippen LogP contribution in [0.4, 0.5) is 11.4 Å². The predicted octanol–water partition coefficient (Wildman–Crippen LogP) is 2.03. The van der Waals surface area contributed by atoms with E-state index in [0.717, 1.165) is 11.8 Å². The van der Waals surface area contributed by atoms with Crippen molar-refractivity contribution in [2.24, 2.45) is 0 Å². The summed E-state index contributed by atoms with van der Waals surface area (Å²) < 4.78 is 38.9. The first-order valence-electron chi connectivity index (χ1n) is 8.28. The lowest BCUT2D eigenvalue weighted by atomic mass is 10.2. The summed E-state index contributed by atoms with van der Waals surface area (Å²) in [6.45, 7) is 2.43. The van der Waals surface area contributed by atoms with E-state index in [1.165, 1.54) is 19.2 Å². The first-order chi connectivity index (χ1) is 12.9. The minimum Gasteiger partial charge on any atom is -0.495 e. The third-order valence-electron chi connectivity index (χ3n) is 4.20. The lowest BCUT2D eigenvalue weighted by Gasteiger charge is -2.30. The Kier molecular flexibility index (Phi) is 5.52. The number of aromatic carboxylic acids is 1. The Bertz CT molecular complexity index is 939. The van der Waals surface area contributed by atoms with Gasteiger partial charge in [-0.2, -0.15) is 0 Å². The molecule has 27 heavy (non-hydrogen) atoms. The minimum atomic E-state index is -4.07. The number of benzene rings is 2. The van der Waals surface area contributed by atoms with Crippen LogP contribution in [0.2, 0.25) is 0 Å². The summed E-state index contributed by atoms with van der Waals surface area (Å²) in [4.78, 5) is 13.0. The Hall–Kier alpha value is -2.78. The number of hydrogen-bond donors (Lipinski definition) is 2. The molecule has 3 rings (SSSR count). The first kappa shape index (κ1) is 19.0. The molecule has 1 heterocycles. The Labute approximate surface area is 157 Å². The van der Waals surface area contributed by atoms with Crippen LogP contribution in [0.15, 0.2) is 47.4 Å². The number of nitrogens with zero attached hydrogens (tertiary/aromatic N) is 1. The van der Waals surface area contributed by atoms with Crippen LogP contribution < -0.4 is 14.4 Å². The van der Waals surface area contributed by atoms with Gasteiger partial charge in [0.15, 0.2) is 0 Å². The fourth-order valence-electron chi connectivity index (χ4n) is 2.86. The van der Waals surface area contributed by atoms with Crippen molar-refractivity contribution in [1.82, 2.24) is 0 Å². The molecule has 0 atom stereocenters. The van der Waals surface area contributed by atoms with Gasteiger partial charge in [-0.3, -0.25) is 4.72 Å². The maximum Gasteiger partial charge on any atom is 0.335 e. The van der Waals surface area contributed by atoms with Crippen molar-refractivity contribution in [1.29, 1.82) is 0 Å². The molecule has 0 unspecified atom stereocenters. The molecule has 0 spiro atoms. The van der Waals surface area contributed by atoms with E-state index in [-0.39, 0.29) is 16.2 Å². The van der Waals surface area contributed by atoms with Crippen molar-refractivity contribution in [2.75, 3.05) is 43.0 Å². The molecule has 1 fully saturated rings. The fourth-order valence-corrected chi connectivity index (χ4v) is 4.13.